The second kappa shape index (κ2) is 7.89. The summed E-state index contributed by atoms with van der Waals surface area (Å²) in [6.07, 6.45) is 1.14. The Bertz CT molecular complexity index is 870. The summed E-state index contributed by atoms with van der Waals surface area (Å²) in [5, 5.41) is 21.2. The van der Waals surface area contributed by atoms with Crippen LogP contribution in [0, 0.1) is 17.8 Å². The van der Waals surface area contributed by atoms with Crippen molar-refractivity contribution < 1.29 is 43.8 Å². The van der Waals surface area contributed by atoms with E-state index in [2.05, 4.69) is 6.58 Å². The first-order chi connectivity index (χ1) is 14.4. The van der Waals surface area contributed by atoms with E-state index in [9.17, 15) is 24.7 Å². The van der Waals surface area contributed by atoms with Crippen LogP contribution in [0.15, 0.2) is 36.0 Å². The fraction of sp³-hybridized carbons (Fsp3) is 0.591. The molecule has 2 aliphatic carbocycles. The molecule has 0 aromatic heterocycles. The van der Waals surface area contributed by atoms with Crippen molar-refractivity contribution in [3.63, 3.8) is 0 Å². The van der Waals surface area contributed by atoms with Gasteiger partial charge in [-0.1, -0.05) is 24.8 Å². The normalized spacial score (nSPS) is 41.8. The van der Waals surface area contributed by atoms with Crippen LogP contribution >= 0.6 is 0 Å². The summed E-state index contributed by atoms with van der Waals surface area (Å²) in [5.74, 6) is -4.59. The lowest BCUT2D eigenvalue weighted by molar-refractivity contribution is -0.324. The lowest BCUT2D eigenvalue weighted by Gasteiger charge is -2.41. The molecular weight excluding hydrogens is 408 g/mol. The SMILES string of the molecule is C=C1C(=O)O[C@@H]2[C@@H]1[C@@H](OC(=O)/C(C)=C\C)[C@@H](OC(C)=O)[C@@](C)(O)[C@H]1C=C[C@](C)(OO)[C@H]21. The summed E-state index contributed by atoms with van der Waals surface area (Å²) in [7, 11) is 0. The molecule has 1 saturated heterocycles. The van der Waals surface area contributed by atoms with E-state index < -0.39 is 65.2 Å². The van der Waals surface area contributed by atoms with E-state index in [0.29, 0.717) is 5.57 Å². The zero-order valence-corrected chi connectivity index (χ0v) is 18.2. The van der Waals surface area contributed by atoms with Crippen LogP contribution in [0.1, 0.15) is 34.6 Å². The molecule has 3 aliphatic rings. The summed E-state index contributed by atoms with van der Waals surface area (Å²) in [4.78, 5) is 41.8. The van der Waals surface area contributed by atoms with Crippen molar-refractivity contribution >= 4 is 17.9 Å². The molecule has 1 aliphatic heterocycles. The molecule has 170 valence electrons. The highest BCUT2D eigenvalue weighted by atomic mass is 17.1. The number of ether oxygens (including phenoxy) is 3. The van der Waals surface area contributed by atoms with Crippen molar-refractivity contribution in [3.8, 4) is 0 Å². The first-order valence-electron chi connectivity index (χ1n) is 10.0. The molecule has 1 saturated carbocycles. The smallest absolute Gasteiger partial charge is 0.334 e. The van der Waals surface area contributed by atoms with Gasteiger partial charge >= 0.3 is 17.9 Å². The number of hydrogen-bond acceptors (Lipinski definition) is 9. The van der Waals surface area contributed by atoms with Crippen LogP contribution in [-0.2, 0) is 33.5 Å². The van der Waals surface area contributed by atoms with Crippen LogP contribution in [0.2, 0.25) is 0 Å². The largest absolute Gasteiger partial charge is 0.458 e. The second-order valence-electron chi connectivity index (χ2n) is 8.70. The van der Waals surface area contributed by atoms with Crippen molar-refractivity contribution in [3.05, 3.63) is 36.0 Å². The maximum absolute atomic E-state index is 12.7. The monoisotopic (exact) mass is 436 g/mol. The van der Waals surface area contributed by atoms with Crippen molar-refractivity contribution in [2.24, 2.45) is 17.8 Å². The predicted octanol–water partition coefficient (Wildman–Crippen LogP) is 1.71. The molecule has 0 bridgehead atoms. The minimum absolute atomic E-state index is 0.0155. The number of carbonyl (C=O) groups is 3. The van der Waals surface area contributed by atoms with E-state index in [4.69, 9.17) is 19.1 Å². The topological polar surface area (TPSA) is 129 Å². The molecule has 0 aromatic carbocycles. The van der Waals surface area contributed by atoms with Gasteiger partial charge in [-0.2, -0.15) is 0 Å². The van der Waals surface area contributed by atoms with E-state index in [0.717, 1.165) is 0 Å². The number of carbonyl (C=O) groups excluding carboxylic acids is 3. The lowest BCUT2D eigenvalue weighted by Crippen LogP contribution is -2.56. The molecule has 3 rings (SSSR count). The maximum atomic E-state index is 12.7. The van der Waals surface area contributed by atoms with Gasteiger partial charge in [0.05, 0.1) is 5.92 Å². The molecule has 2 N–H and O–H groups in total. The van der Waals surface area contributed by atoms with E-state index >= 15 is 0 Å². The van der Waals surface area contributed by atoms with Crippen LogP contribution in [0.3, 0.4) is 0 Å². The van der Waals surface area contributed by atoms with Gasteiger partial charge in [-0.15, -0.1) is 0 Å². The van der Waals surface area contributed by atoms with Crippen LogP contribution in [0.5, 0.6) is 0 Å². The number of allylic oxidation sites excluding steroid dienone is 1. The van der Waals surface area contributed by atoms with Crippen molar-refractivity contribution in [2.75, 3.05) is 0 Å². The van der Waals surface area contributed by atoms with E-state index in [-0.39, 0.29) is 5.57 Å². The van der Waals surface area contributed by atoms with E-state index in [1.54, 1.807) is 39.0 Å². The molecule has 1 heterocycles. The Morgan fingerprint density at radius 1 is 1.26 bits per heavy atom. The van der Waals surface area contributed by atoms with Gasteiger partial charge in [0.15, 0.2) is 12.2 Å². The third kappa shape index (κ3) is 3.60. The molecule has 0 aromatic rings. The van der Waals surface area contributed by atoms with Crippen molar-refractivity contribution in [2.45, 2.75) is 64.1 Å². The third-order valence-corrected chi connectivity index (χ3v) is 6.69. The molecule has 0 radical (unpaired) electrons. The third-order valence-electron chi connectivity index (χ3n) is 6.69. The average Bonchev–Trinajstić information content (AvgIpc) is 3.18. The molecule has 0 unspecified atom stereocenters. The molecule has 9 heteroatoms. The van der Waals surface area contributed by atoms with Gasteiger partial charge in [0.25, 0.3) is 0 Å². The average molecular weight is 436 g/mol. The van der Waals surface area contributed by atoms with Crippen LogP contribution in [0.4, 0.5) is 0 Å². The van der Waals surface area contributed by atoms with Crippen LogP contribution < -0.4 is 0 Å². The Morgan fingerprint density at radius 3 is 2.45 bits per heavy atom. The number of esters is 3. The van der Waals surface area contributed by atoms with Gasteiger partial charge in [-0.05, 0) is 27.7 Å². The van der Waals surface area contributed by atoms with Crippen molar-refractivity contribution in [1.29, 1.82) is 0 Å². The summed E-state index contributed by atoms with van der Waals surface area (Å²) < 4.78 is 16.8. The first-order valence-corrected chi connectivity index (χ1v) is 10.0. The molecule has 2 fully saturated rings. The maximum Gasteiger partial charge on any atom is 0.334 e. The number of rotatable bonds is 4. The highest BCUT2D eigenvalue weighted by Gasteiger charge is 2.67. The summed E-state index contributed by atoms with van der Waals surface area (Å²) in [6.45, 7) is 11.2. The molecule has 0 spiro atoms. The van der Waals surface area contributed by atoms with Crippen LogP contribution in [-0.4, -0.2) is 57.8 Å². The second-order valence-corrected chi connectivity index (χ2v) is 8.70. The first kappa shape index (κ1) is 23.2. The van der Waals surface area contributed by atoms with Gasteiger partial charge in [-0.3, -0.25) is 10.1 Å². The van der Waals surface area contributed by atoms with Gasteiger partial charge < -0.3 is 19.3 Å². The molecule has 31 heavy (non-hydrogen) atoms. The van der Waals surface area contributed by atoms with Gasteiger partial charge in [0.1, 0.15) is 17.3 Å². The van der Waals surface area contributed by atoms with Gasteiger partial charge in [0, 0.05) is 29.9 Å². The Morgan fingerprint density at radius 2 is 1.90 bits per heavy atom. The zero-order valence-electron chi connectivity index (χ0n) is 18.2. The number of fused-ring (bicyclic) bond motifs is 3. The fourth-order valence-corrected chi connectivity index (χ4v) is 4.90. The lowest BCUT2D eigenvalue weighted by atomic mass is 9.73. The molecule has 8 atom stereocenters. The summed E-state index contributed by atoms with van der Waals surface area (Å²) in [6, 6.07) is 0. The highest BCUT2D eigenvalue weighted by molar-refractivity contribution is 5.92. The quantitative estimate of drug-likeness (QED) is 0.169. The molecule has 9 nitrogen and oxygen atoms in total. The Hall–Kier alpha value is -2.49. The minimum Gasteiger partial charge on any atom is -0.458 e. The van der Waals surface area contributed by atoms with Gasteiger partial charge in [-0.25, -0.2) is 14.5 Å². The number of hydrogen-bond donors (Lipinski definition) is 2. The fourth-order valence-electron chi connectivity index (χ4n) is 4.90. The number of aliphatic hydroxyl groups is 1. The van der Waals surface area contributed by atoms with E-state index in [1.807, 2.05) is 0 Å². The Labute approximate surface area is 180 Å². The van der Waals surface area contributed by atoms with E-state index in [1.165, 1.54) is 13.8 Å². The molecular formula is C22H28O9. The molecule has 0 amide bonds. The standard InChI is InChI=1S/C22H28O9/c1-7-10(2)19(24)30-17-14-11(3)20(25)29-16(14)15-13(8-9-21(15,5)31-27)22(6,26)18(17)28-12(4)23/h7-9,13-18,26-27H,3H2,1-2,4-6H3/b10-7-/t13-,14+,15-,16+,17+,18+,21-,22-/m0/s1. The summed E-state index contributed by atoms with van der Waals surface area (Å²) in [5.41, 5.74) is -2.78. The minimum atomic E-state index is -1.77. The Balaban J connectivity index is 2.20. The zero-order chi connectivity index (χ0) is 23.3. The van der Waals surface area contributed by atoms with Crippen molar-refractivity contribution in [1.82, 2.24) is 0 Å². The summed E-state index contributed by atoms with van der Waals surface area (Å²) >= 11 is 0. The highest BCUT2D eigenvalue weighted by Crippen LogP contribution is 2.55. The Kier molecular flexibility index (Phi) is 5.90. The van der Waals surface area contributed by atoms with Gasteiger partial charge in [0.2, 0.25) is 0 Å². The van der Waals surface area contributed by atoms with Crippen LogP contribution in [0.25, 0.3) is 0 Å². The predicted molar refractivity (Wildman–Crippen MR) is 106 cm³/mol.